The van der Waals surface area contributed by atoms with Crippen molar-refractivity contribution in [1.82, 2.24) is 0 Å². The fraction of sp³-hybridized carbons (Fsp3) is 0.214. The molecule has 1 N–H and O–H groups in total. The first kappa shape index (κ1) is 22.5. The van der Waals surface area contributed by atoms with Gasteiger partial charge in [-0.1, -0.05) is 72.8 Å². The Labute approximate surface area is 203 Å². The molecule has 3 atom stereocenters. The van der Waals surface area contributed by atoms with Crippen LogP contribution in [0.5, 0.6) is 0 Å². The lowest BCUT2D eigenvalue weighted by molar-refractivity contribution is -0.383. The van der Waals surface area contributed by atoms with Gasteiger partial charge in [0.2, 0.25) is 11.8 Å². The van der Waals surface area contributed by atoms with Crippen molar-refractivity contribution in [2.75, 3.05) is 10.2 Å². The maximum absolute atomic E-state index is 13.0. The molecule has 1 saturated heterocycles. The van der Waals surface area contributed by atoms with E-state index in [0.717, 1.165) is 16.0 Å². The van der Waals surface area contributed by atoms with E-state index in [9.17, 15) is 19.7 Å². The largest absolute Gasteiger partial charge is 0.372 e. The molecule has 1 aliphatic heterocycles. The van der Waals surface area contributed by atoms with Crippen LogP contribution >= 0.6 is 0 Å². The van der Waals surface area contributed by atoms with Crippen molar-refractivity contribution in [3.05, 3.63) is 112 Å². The minimum absolute atomic E-state index is 0.176. The molecule has 0 saturated carbocycles. The summed E-state index contributed by atoms with van der Waals surface area (Å²) < 4.78 is 0. The van der Waals surface area contributed by atoms with Crippen LogP contribution in [-0.2, 0) is 16.0 Å². The molecule has 7 heteroatoms. The molecular formula is C28H25N3O4. The van der Waals surface area contributed by atoms with E-state index in [1.165, 1.54) is 6.07 Å². The topological polar surface area (TPSA) is 92.6 Å². The summed E-state index contributed by atoms with van der Waals surface area (Å²) in [7, 11) is 0. The van der Waals surface area contributed by atoms with Gasteiger partial charge in [-0.15, -0.1) is 0 Å². The van der Waals surface area contributed by atoms with Gasteiger partial charge in [-0.25, -0.2) is 4.90 Å². The molecule has 1 fully saturated rings. The van der Waals surface area contributed by atoms with E-state index in [4.69, 9.17) is 0 Å². The normalized spacial score (nSPS) is 19.9. The zero-order valence-corrected chi connectivity index (χ0v) is 19.0. The summed E-state index contributed by atoms with van der Waals surface area (Å²) >= 11 is 0. The Morgan fingerprint density at radius 2 is 1.49 bits per heavy atom. The molecule has 3 aromatic rings. The third-order valence-electron chi connectivity index (χ3n) is 6.76. The first-order valence-corrected chi connectivity index (χ1v) is 11.7. The number of nitro groups is 1. The van der Waals surface area contributed by atoms with Crippen LogP contribution in [0.3, 0.4) is 0 Å². The number of imide groups is 1. The van der Waals surface area contributed by atoms with Crippen LogP contribution in [0.2, 0.25) is 0 Å². The van der Waals surface area contributed by atoms with Crippen molar-refractivity contribution in [2.24, 2.45) is 11.8 Å². The number of benzene rings is 3. The number of anilines is 2. The van der Waals surface area contributed by atoms with Gasteiger partial charge in [-0.05, 0) is 42.5 Å². The van der Waals surface area contributed by atoms with E-state index in [1.807, 2.05) is 72.8 Å². The first-order chi connectivity index (χ1) is 17.0. The number of hydrogen-bond acceptors (Lipinski definition) is 5. The summed E-state index contributed by atoms with van der Waals surface area (Å²) in [6.45, 7) is 0. The first-order valence-electron chi connectivity index (χ1n) is 11.7. The van der Waals surface area contributed by atoms with Crippen molar-refractivity contribution >= 4 is 28.9 Å². The van der Waals surface area contributed by atoms with Gasteiger partial charge < -0.3 is 5.32 Å². The lowest BCUT2D eigenvalue weighted by atomic mass is 9.85. The fourth-order valence-corrected chi connectivity index (χ4v) is 4.96. The summed E-state index contributed by atoms with van der Waals surface area (Å²) in [4.78, 5) is 38.6. The molecular weight excluding hydrogens is 442 g/mol. The molecule has 7 nitrogen and oxygen atoms in total. The number of nitrogens with one attached hydrogen (secondary N) is 1. The second-order valence-corrected chi connectivity index (χ2v) is 8.92. The molecule has 35 heavy (non-hydrogen) atoms. The highest BCUT2D eigenvalue weighted by Gasteiger charge is 2.48. The van der Waals surface area contributed by atoms with E-state index in [-0.39, 0.29) is 29.2 Å². The maximum atomic E-state index is 13.0. The molecule has 3 aromatic carbocycles. The molecule has 2 amide bonds. The van der Waals surface area contributed by atoms with Crippen molar-refractivity contribution in [2.45, 2.75) is 25.3 Å². The van der Waals surface area contributed by atoms with Crippen molar-refractivity contribution in [3.63, 3.8) is 0 Å². The van der Waals surface area contributed by atoms with Crippen molar-refractivity contribution < 1.29 is 14.5 Å². The standard InChI is InChI=1S/C28H25N3O4/c32-27-22-13-7-8-14-23(22)28(33)30(27)21-15-16-24(26(18-21)31(34)35)29-25(20-11-5-2-6-12-20)17-19-9-3-1-4-10-19/h1-12,15-16,18,22-23,25,29H,13-14,17H2. The van der Waals surface area contributed by atoms with Gasteiger partial charge >= 0.3 is 0 Å². The third-order valence-corrected chi connectivity index (χ3v) is 6.76. The van der Waals surface area contributed by atoms with Gasteiger partial charge in [0, 0.05) is 6.07 Å². The number of rotatable bonds is 7. The Bertz CT molecular complexity index is 1260. The smallest absolute Gasteiger partial charge is 0.294 e. The molecule has 176 valence electrons. The molecule has 1 aliphatic carbocycles. The van der Waals surface area contributed by atoms with Crippen molar-refractivity contribution in [1.29, 1.82) is 0 Å². The Morgan fingerprint density at radius 1 is 0.886 bits per heavy atom. The van der Waals surface area contributed by atoms with Gasteiger partial charge in [0.1, 0.15) is 5.69 Å². The fourth-order valence-electron chi connectivity index (χ4n) is 4.96. The number of amides is 2. The zero-order valence-electron chi connectivity index (χ0n) is 19.0. The predicted molar refractivity (Wildman–Crippen MR) is 134 cm³/mol. The highest BCUT2D eigenvalue weighted by Crippen LogP contribution is 2.40. The van der Waals surface area contributed by atoms with Gasteiger partial charge in [0.15, 0.2) is 0 Å². The third kappa shape index (κ3) is 4.45. The highest BCUT2D eigenvalue weighted by atomic mass is 16.6. The maximum Gasteiger partial charge on any atom is 0.294 e. The van der Waals surface area contributed by atoms with E-state index < -0.39 is 16.8 Å². The van der Waals surface area contributed by atoms with E-state index in [1.54, 1.807) is 12.1 Å². The summed E-state index contributed by atoms with van der Waals surface area (Å²) in [5.41, 5.74) is 2.49. The molecule has 1 heterocycles. The van der Waals surface area contributed by atoms with Gasteiger partial charge in [0.25, 0.3) is 5.69 Å². The summed E-state index contributed by atoms with van der Waals surface area (Å²) in [6.07, 6.45) is 5.50. The minimum Gasteiger partial charge on any atom is -0.372 e. The molecule has 0 bridgehead atoms. The highest BCUT2D eigenvalue weighted by molar-refractivity contribution is 6.22. The van der Waals surface area contributed by atoms with Gasteiger partial charge in [-0.3, -0.25) is 19.7 Å². The lowest BCUT2D eigenvalue weighted by Gasteiger charge is -2.22. The molecule has 0 spiro atoms. The lowest BCUT2D eigenvalue weighted by Crippen LogP contribution is -2.31. The van der Waals surface area contributed by atoms with E-state index in [2.05, 4.69) is 5.32 Å². The number of fused-ring (bicyclic) bond motifs is 1. The molecule has 3 unspecified atom stereocenters. The Kier molecular flexibility index (Phi) is 6.14. The summed E-state index contributed by atoms with van der Waals surface area (Å²) in [6, 6.07) is 24.0. The molecule has 5 rings (SSSR count). The number of nitro benzene ring substituents is 1. The molecule has 2 aliphatic rings. The second kappa shape index (κ2) is 9.54. The van der Waals surface area contributed by atoms with E-state index >= 15 is 0 Å². The predicted octanol–water partition coefficient (Wildman–Crippen LogP) is 5.45. The summed E-state index contributed by atoms with van der Waals surface area (Å²) in [5.74, 6) is -1.36. The Balaban J connectivity index is 1.47. The SMILES string of the molecule is O=C1C2CC=CCC2C(=O)N1c1ccc(NC(Cc2ccccc2)c2ccccc2)c([N+](=O)[O-])c1. The van der Waals surface area contributed by atoms with Crippen molar-refractivity contribution in [3.8, 4) is 0 Å². The van der Waals surface area contributed by atoms with Crippen LogP contribution in [-0.4, -0.2) is 16.7 Å². The van der Waals surface area contributed by atoms with Gasteiger partial charge in [0.05, 0.1) is 28.5 Å². The minimum atomic E-state index is -0.476. The van der Waals surface area contributed by atoms with Crippen LogP contribution in [0.4, 0.5) is 17.1 Å². The number of carbonyl (C=O) groups is 2. The number of carbonyl (C=O) groups excluding carboxylic acids is 2. The van der Waals surface area contributed by atoms with Crippen LogP contribution in [0, 0.1) is 22.0 Å². The number of nitrogens with zero attached hydrogens (tertiary/aromatic N) is 2. The number of hydrogen-bond donors (Lipinski definition) is 1. The Hall–Kier alpha value is -4.26. The Morgan fingerprint density at radius 3 is 2.09 bits per heavy atom. The van der Waals surface area contributed by atoms with Crippen LogP contribution in [0.15, 0.2) is 91.0 Å². The van der Waals surface area contributed by atoms with Crippen LogP contribution in [0.1, 0.15) is 30.0 Å². The average molecular weight is 468 g/mol. The van der Waals surface area contributed by atoms with E-state index in [0.29, 0.717) is 24.9 Å². The molecule has 0 aromatic heterocycles. The second-order valence-electron chi connectivity index (χ2n) is 8.92. The molecule has 0 radical (unpaired) electrons. The van der Waals surface area contributed by atoms with Gasteiger partial charge in [-0.2, -0.15) is 0 Å². The monoisotopic (exact) mass is 467 g/mol. The number of allylic oxidation sites excluding steroid dienone is 2. The summed E-state index contributed by atoms with van der Waals surface area (Å²) in [5, 5.41) is 15.4. The van der Waals surface area contributed by atoms with Crippen LogP contribution in [0.25, 0.3) is 0 Å². The van der Waals surface area contributed by atoms with Crippen LogP contribution < -0.4 is 10.2 Å². The zero-order chi connectivity index (χ0) is 24.4. The quantitative estimate of drug-likeness (QED) is 0.216. The average Bonchev–Trinajstić information content (AvgIpc) is 3.15.